The lowest BCUT2D eigenvalue weighted by Gasteiger charge is -2.32. The minimum absolute atomic E-state index is 0.0968. The summed E-state index contributed by atoms with van der Waals surface area (Å²) in [5.74, 6) is -0.0968. The quantitative estimate of drug-likeness (QED) is 0.909. The molecule has 1 aliphatic rings. The average molecular weight is 311 g/mol. The molecule has 0 saturated carbocycles. The van der Waals surface area contributed by atoms with Crippen LogP contribution in [0.4, 0.5) is 4.79 Å². The fourth-order valence-electron chi connectivity index (χ4n) is 2.98. The lowest BCUT2D eigenvalue weighted by atomic mass is 10.0. The summed E-state index contributed by atoms with van der Waals surface area (Å²) >= 11 is 0. The molecule has 0 bridgehead atoms. The van der Waals surface area contributed by atoms with Gasteiger partial charge in [-0.25, -0.2) is 4.79 Å². The predicted molar refractivity (Wildman–Crippen MR) is 90.2 cm³/mol. The summed E-state index contributed by atoms with van der Waals surface area (Å²) in [6.07, 6.45) is 0.765. The van der Waals surface area contributed by atoms with Crippen LogP contribution in [0.15, 0.2) is 42.5 Å². The molecule has 0 radical (unpaired) electrons. The zero-order valence-electron chi connectivity index (χ0n) is 13.2. The van der Waals surface area contributed by atoms with Gasteiger partial charge in [-0.2, -0.15) is 0 Å². The van der Waals surface area contributed by atoms with Crippen LogP contribution in [0.2, 0.25) is 0 Å². The molecule has 1 unspecified atom stereocenters. The van der Waals surface area contributed by atoms with E-state index in [1.807, 2.05) is 18.2 Å². The van der Waals surface area contributed by atoms with Crippen LogP contribution in [-0.2, 0) is 11.2 Å². The van der Waals surface area contributed by atoms with E-state index in [-0.39, 0.29) is 11.9 Å². The van der Waals surface area contributed by atoms with Crippen molar-refractivity contribution in [3.8, 4) is 0 Å². The summed E-state index contributed by atoms with van der Waals surface area (Å²) in [6, 6.07) is 13.9. The monoisotopic (exact) mass is 311 g/mol. The van der Waals surface area contributed by atoms with E-state index in [0.717, 1.165) is 6.42 Å². The topological polar surface area (TPSA) is 61.4 Å². The van der Waals surface area contributed by atoms with Gasteiger partial charge in [-0.05, 0) is 29.7 Å². The first-order chi connectivity index (χ1) is 11.2. The molecule has 2 aromatic carbocycles. The number of benzene rings is 2. The number of fused-ring (bicyclic) bond motifs is 1. The van der Waals surface area contributed by atoms with E-state index in [4.69, 9.17) is 0 Å². The van der Waals surface area contributed by atoms with Crippen LogP contribution in [0.3, 0.4) is 0 Å². The van der Waals surface area contributed by atoms with Gasteiger partial charge in [-0.1, -0.05) is 42.5 Å². The van der Waals surface area contributed by atoms with E-state index in [9.17, 15) is 9.59 Å². The molecule has 0 aliphatic carbocycles. The van der Waals surface area contributed by atoms with Crippen molar-refractivity contribution in [2.45, 2.75) is 19.4 Å². The van der Waals surface area contributed by atoms with Crippen LogP contribution < -0.4 is 10.6 Å². The van der Waals surface area contributed by atoms with Gasteiger partial charge >= 0.3 is 6.03 Å². The Bertz CT molecular complexity index is 724. The van der Waals surface area contributed by atoms with Crippen molar-refractivity contribution >= 4 is 22.7 Å². The number of hydrogen-bond donors (Lipinski definition) is 2. The first kappa shape index (κ1) is 15.3. The predicted octanol–water partition coefficient (Wildman–Crippen LogP) is 1.91. The molecule has 2 aromatic rings. The van der Waals surface area contributed by atoms with E-state index in [1.165, 1.54) is 16.3 Å². The van der Waals surface area contributed by atoms with Gasteiger partial charge in [0.25, 0.3) is 0 Å². The molecule has 3 rings (SSSR count). The number of rotatable bonds is 3. The van der Waals surface area contributed by atoms with E-state index in [2.05, 4.69) is 34.9 Å². The van der Waals surface area contributed by atoms with E-state index in [1.54, 1.807) is 11.8 Å². The summed E-state index contributed by atoms with van der Waals surface area (Å²) in [6.45, 7) is 3.36. The Kier molecular flexibility index (Phi) is 4.46. The SMILES string of the molecule is CC1C(=O)NCCN1C(=O)NCCc1cccc2ccccc12. The van der Waals surface area contributed by atoms with Crippen LogP contribution in [-0.4, -0.2) is 42.5 Å². The van der Waals surface area contributed by atoms with E-state index >= 15 is 0 Å². The van der Waals surface area contributed by atoms with Crippen LogP contribution >= 0.6 is 0 Å². The number of nitrogens with zero attached hydrogens (tertiary/aromatic N) is 1. The Hall–Kier alpha value is -2.56. The van der Waals surface area contributed by atoms with Gasteiger partial charge in [0.1, 0.15) is 6.04 Å². The van der Waals surface area contributed by atoms with Crippen LogP contribution in [0, 0.1) is 0 Å². The Morgan fingerprint density at radius 3 is 2.91 bits per heavy atom. The van der Waals surface area contributed by atoms with Gasteiger partial charge in [0, 0.05) is 19.6 Å². The highest BCUT2D eigenvalue weighted by Crippen LogP contribution is 2.18. The number of carbonyl (C=O) groups is 2. The maximum absolute atomic E-state index is 12.2. The van der Waals surface area contributed by atoms with Crippen molar-refractivity contribution in [2.75, 3.05) is 19.6 Å². The number of nitrogens with one attached hydrogen (secondary N) is 2. The first-order valence-corrected chi connectivity index (χ1v) is 7.95. The number of hydrogen-bond acceptors (Lipinski definition) is 2. The van der Waals surface area contributed by atoms with Gasteiger partial charge in [0.05, 0.1) is 0 Å². The summed E-state index contributed by atoms with van der Waals surface area (Å²) < 4.78 is 0. The van der Waals surface area contributed by atoms with Crippen molar-refractivity contribution < 1.29 is 9.59 Å². The minimum atomic E-state index is -0.415. The second kappa shape index (κ2) is 6.69. The molecule has 120 valence electrons. The van der Waals surface area contributed by atoms with Crippen molar-refractivity contribution in [3.05, 3.63) is 48.0 Å². The first-order valence-electron chi connectivity index (χ1n) is 7.95. The highest BCUT2D eigenvalue weighted by molar-refractivity contribution is 5.88. The molecular weight excluding hydrogens is 290 g/mol. The highest BCUT2D eigenvalue weighted by Gasteiger charge is 2.28. The summed E-state index contributed by atoms with van der Waals surface area (Å²) in [5.41, 5.74) is 1.22. The van der Waals surface area contributed by atoms with Gasteiger partial charge < -0.3 is 15.5 Å². The maximum Gasteiger partial charge on any atom is 0.318 e. The molecule has 2 N–H and O–H groups in total. The second-order valence-corrected chi connectivity index (χ2v) is 5.78. The van der Waals surface area contributed by atoms with Gasteiger partial charge in [0.15, 0.2) is 0 Å². The Balaban J connectivity index is 1.60. The number of carbonyl (C=O) groups excluding carboxylic acids is 2. The third kappa shape index (κ3) is 3.28. The molecule has 1 atom stereocenters. The van der Waals surface area contributed by atoms with Crippen molar-refractivity contribution in [2.24, 2.45) is 0 Å². The van der Waals surface area contributed by atoms with Gasteiger partial charge in [0.2, 0.25) is 5.91 Å². The molecule has 1 fully saturated rings. The number of amides is 3. The Morgan fingerprint density at radius 2 is 2.04 bits per heavy atom. The van der Waals surface area contributed by atoms with E-state index in [0.29, 0.717) is 19.6 Å². The lowest BCUT2D eigenvalue weighted by Crippen LogP contribution is -2.58. The Morgan fingerprint density at radius 1 is 1.26 bits per heavy atom. The smallest absolute Gasteiger partial charge is 0.318 e. The maximum atomic E-state index is 12.2. The zero-order valence-corrected chi connectivity index (χ0v) is 13.2. The summed E-state index contributed by atoms with van der Waals surface area (Å²) in [5, 5.41) is 8.11. The molecule has 1 aliphatic heterocycles. The van der Waals surface area contributed by atoms with Crippen LogP contribution in [0.25, 0.3) is 10.8 Å². The molecule has 0 aromatic heterocycles. The highest BCUT2D eigenvalue weighted by atomic mass is 16.2. The average Bonchev–Trinajstić information content (AvgIpc) is 2.57. The summed E-state index contributed by atoms with van der Waals surface area (Å²) in [7, 11) is 0. The fraction of sp³-hybridized carbons (Fsp3) is 0.333. The van der Waals surface area contributed by atoms with Gasteiger partial charge in [-0.3, -0.25) is 4.79 Å². The zero-order chi connectivity index (χ0) is 16.2. The third-order valence-electron chi connectivity index (χ3n) is 4.31. The molecule has 5 nitrogen and oxygen atoms in total. The second-order valence-electron chi connectivity index (χ2n) is 5.78. The largest absolute Gasteiger partial charge is 0.353 e. The standard InChI is InChI=1S/C18H21N3O2/c1-13-17(22)19-11-12-21(13)18(23)20-10-9-15-7-4-6-14-5-2-3-8-16(14)15/h2-8,13H,9-12H2,1H3,(H,19,22)(H,20,23). The molecule has 1 heterocycles. The molecule has 23 heavy (non-hydrogen) atoms. The van der Waals surface area contributed by atoms with Crippen LogP contribution in [0.1, 0.15) is 12.5 Å². The van der Waals surface area contributed by atoms with E-state index < -0.39 is 6.04 Å². The summed E-state index contributed by atoms with van der Waals surface area (Å²) in [4.78, 5) is 25.4. The van der Waals surface area contributed by atoms with Crippen molar-refractivity contribution in [3.63, 3.8) is 0 Å². The minimum Gasteiger partial charge on any atom is -0.353 e. The fourth-order valence-corrected chi connectivity index (χ4v) is 2.98. The number of urea groups is 1. The number of piperazine rings is 1. The normalized spacial score (nSPS) is 17.9. The Labute approximate surface area is 135 Å². The molecule has 1 saturated heterocycles. The van der Waals surface area contributed by atoms with Crippen LogP contribution in [0.5, 0.6) is 0 Å². The molecule has 3 amide bonds. The van der Waals surface area contributed by atoms with Gasteiger partial charge in [-0.15, -0.1) is 0 Å². The van der Waals surface area contributed by atoms with Crippen molar-refractivity contribution in [1.29, 1.82) is 0 Å². The molecule has 5 heteroatoms. The molecule has 0 spiro atoms. The lowest BCUT2D eigenvalue weighted by molar-refractivity contribution is -0.126. The van der Waals surface area contributed by atoms with Crippen molar-refractivity contribution in [1.82, 2.24) is 15.5 Å². The molecular formula is C18H21N3O2. The third-order valence-corrected chi connectivity index (χ3v) is 4.31.